The van der Waals surface area contributed by atoms with Gasteiger partial charge in [0, 0.05) is 0 Å². The molecule has 0 aliphatic heterocycles. The lowest BCUT2D eigenvalue weighted by Crippen LogP contribution is -2.53. The Labute approximate surface area is 125 Å². The molecular weight excluding hydrogens is 270 g/mol. The molecule has 20 heavy (non-hydrogen) atoms. The molecule has 0 aromatic rings. The number of hydrogen-bond acceptors (Lipinski definition) is 4. The average molecular weight is 304 g/mol. The molecule has 2 unspecified atom stereocenters. The molecule has 0 saturated carbocycles. The first kappa shape index (κ1) is 19.8. The van der Waals surface area contributed by atoms with Crippen molar-refractivity contribution in [3.05, 3.63) is 0 Å². The van der Waals surface area contributed by atoms with E-state index >= 15 is 0 Å². The van der Waals surface area contributed by atoms with Crippen molar-refractivity contribution in [3.8, 4) is 0 Å². The summed E-state index contributed by atoms with van der Waals surface area (Å²) in [6, 6.07) is -0.631. The zero-order valence-corrected chi connectivity index (χ0v) is 15.4. The predicted molar refractivity (Wildman–Crippen MR) is 86.2 cm³/mol. The molecule has 0 spiro atoms. The van der Waals surface area contributed by atoms with Gasteiger partial charge in [0.2, 0.25) is 0 Å². The summed E-state index contributed by atoms with van der Waals surface area (Å²) in [6.07, 6.45) is 0.578. The molecule has 0 aromatic heterocycles. The molecule has 4 nitrogen and oxygen atoms in total. The fourth-order valence-electron chi connectivity index (χ4n) is 1.62. The summed E-state index contributed by atoms with van der Waals surface area (Å²) in [7, 11) is -1.98. The zero-order valence-electron chi connectivity index (χ0n) is 14.4. The van der Waals surface area contributed by atoms with Crippen LogP contribution in [-0.2, 0) is 9.22 Å². The van der Waals surface area contributed by atoms with E-state index in [-0.39, 0.29) is 17.4 Å². The van der Waals surface area contributed by atoms with Crippen LogP contribution >= 0.6 is 0 Å². The van der Waals surface area contributed by atoms with Crippen LogP contribution < -0.4 is 5.73 Å². The largest absolute Gasteiger partial charge is 0.413 e. The number of ketones is 1. The topological polar surface area (TPSA) is 72.6 Å². The lowest BCUT2D eigenvalue weighted by Gasteiger charge is -2.38. The van der Waals surface area contributed by atoms with Crippen LogP contribution in [0.25, 0.3) is 0 Å². The molecule has 0 bridgehead atoms. The van der Waals surface area contributed by atoms with Gasteiger partial charge in [-0.3, -0.25) is 4.79 Å². The first-order chi connectivity index (χ1) is 8.71. The number of rotatable bonds is 7. The summed E-state index contributed by atoms with van der Waals surface area (Å²) >= 11 is 0. The summed E-state index contributed by atoms with van der Waals surface area (Å²) in [5.74, 6) is -0.00373. The number of nitrogens with two attached hydrogens (primary N) is 1. The Balaban J connectivity index is 4.71. The molecule has 0 rings (SSSR count). The molecule has 0 heterocycles. The number of carbonyl (C=O) groups is 1. The van der Waals surface area contributed by atoms with Gasteiger partial charge in [0.05, 0.1) is 12.6 Å². The van der Waals surface area contributed by atoms with Gasteiger partial charge in [0.25, 0.3) is 0 Å². The van der Waals surface area contributed by atoms with Crippen molar-refractivity contribution in [3.63, 3.8) is 0 Å². The minimum atomic E-state index is -1.98. The first-order valence-electron chi connectivity index (χ1n) is 7.37. The van der Waals surface area contributed by atoms with Crippen molar-refractivity contribution in [2.75, 3.05) is 6.61 Å². The van der Waals surface area contributed by atoms with E-state index < -0.39 is 20.0 Å². The van der Waals surface area contributed by atoms with E-state index in [2.05, 4.69) is 33.9 Å². The van der Waals surface area contributed by atoms with E-state index in [1.165, 1.54) is 6.92 Å². The third-order valence-electron chi connectivity index (χ3n) is 4.11. The van der Waals surface area contributed by atoms with Crippen molar-refractivity contribution in [2.24, 2.45) is 11.7 Å². The third kappa shape index (κ3) is 5.64. The minimum absolute atomic E-state index is 0.0219. The van der Waals surface area contributed by atoms with Gasteiger partial charge in [-0.25, -0.2) is 0 Å². The van der Waals surface area contributed by atoms with Crippen LogP contribution in [0.15, 0.2) is 0 Å². The Morgan fingerprint density at radius 3 is 2.05 bits per heavy atom. The number of aliphatic hydroxyl groups is 1. The lowest BCUT2D eigenvalue weighted by atomic mass is 9.91. The van der Waals surface area contributed by atoms with Gasteiger partial charge in [-0.1, -0.05) is 34.6 Å². The summed E-state index contributed by atoms with van der Waals surface area (Å²) in [4.78, 5) is 12.2. The number of hydrogen-bond donors (Lipinski definition) is 2. The fourth-order valence-corrected chi connectivity index (χ4v) is 2.70. The summed E-state index contributed by atoms with van der Waals surface area (Å²) < 4.78 is 5.95. The minimum Gasteiger partial charge on any atom is -0.413 e. The maximum absolute atomic E-state index is 12.2. The number of carbonyl (C=O) groups excluding carboxylic acids is 1. The van der Waals surface area contributed by atoms with E-state index in [1.54, 1.807) is 0 Å². The highest BCUT2D eigenvalue weighted by molar-refractivity contribution is 6.74. The predicted octanol–water partition coefficient (Wildman–Crippen LogP) is 2.70. The van der Waals surface area contributed by atoms with Gasteiger partial charge < -0.3 is 15.3 Å². The Hall–Kier alpha value is -0.233. The Kier molecular flexibility index (Phi) is 6.61. The van der Waals surface area contributed by atoms with Crippen LogP contribution in [0.3, 0.4) is 0 Å². The quantitative estimate of drug-likeness (QED) is 0.709. The molecule has 0 radical (unpaired) electrons. The standard InChI is InChI=1S/C15H33NO3Si/c1-11(2)9-12(16)13(17)15(6,18)10-19-20(7,8)14(3,4)5/h11-12,18H,9-10,16H2,1-8H3. The summed E-state index contributed by atoms with van der Waals surface area (Å²) in [5.41, 5.74) is 4.37. The zero-order chi connectivity index (χ0) is 16.4. The summed E-state index contributed by atoms with van der Waals surface area (Å²) in [5, 5.41) is 10.4. The van der Waals surface area contributed by atoms with Crippen molar-refractivity contribution < 1.29 is 14.3 Å². The molecule has 0 fully saturated rings. The molecule has 0 aliphatic rings. The SMILES string of the molecule is CC(C)CC(N)C(=O)C(C)(O)CO[Si](C)(C)C(C)(C)C. The van der Waals surface area contributed by atoms with Crippen LogP contribution in [0.2, 0.25) is 18.1 Å². The van der Waals surface area contributed by atoms with E-state index in [1.807, 2.05) is 13.8 Å². The Bertz CT molecular complexity index is 333. The second kappa shape index (κ2) is 6.69. The highest BCUT2D eigenvalue weighted by Gasteiger charge is 2.41. The van der Waals surface area contributed by atoms with Crippen LogP contribution in [0.4, 0.5) is 0 Å². The highest BCUT2D eigenvalue weighted by atomic mass is 28.4. The van der Waals surface area contributed by atoms with Gasteiger partial charge in [-0.05, 0) is 37.4 Å². The molecule has 2 atom stereocenters. The molecule has 0 aromatic carbocycles. The molecule has 5 heteroatoms. The highest BCUT2D eigenvalue weighted by Crippen LogP contribution is 2.37. The van der Waals surface area contributed by atoms with Gasteiger partial charge in [0.15, 0.2) is 14.1 Å². The van der Waals surface area contributed by atoms with Crippen LogP contribution in [0.1, 0.15) is 48.0 Å². The lowest BCUT2D eigenvalue weighted by molar-refractivity contribution is -0.140. The van der Waals surface area contributed by atoms with Crippen molar-refractivity contribution in [2.45, 2.75) is 77.7 Å². The maximum atomic E-state index is 12.2. The first-order valence-corrected chi connectivity index (χ1v) is 10.3. The Morgan fingerprint density at radius 1 is 1.25 bits per heavy atom. The Morgan fingerprint density at radius 2 is 1.70 bits per heavy atom. The average Bonchev–Trinajstić information content (AvgIpc) is 2.23. The van der Waals surface area contributed by atoms with Crippen LogP contribution in [-0.4, -0.2) is 37.5 Å². The second-order valence-electron chi connectivity index (χ2n) is 7.92. The molecule has 3 N–H and O–H groups in total. The molecular formula is C15H33NO3Si. The van der Waals surface area contributed by atoms with Crippen molar-refractivity contribution in [1.82, 2.24) is 0 Å². The van der Waals surface area contributed by atoms with Gasteiger partial charge >= 0.3 is 0 Å². The molecule has 120 valence electrons. The maximum Gasteiger partial charge on any atom is 0.192 e. The second-order valence-corrected chi connectivity index (χ2v) is 12.7. The smallest absolute Gasteiger partial charge is 0.192 e. The monoisotopic (exact) mass is 303 g/mol. The van der Waals surface area contributed by atoms with E-state index in [9.17, 15) is 9.90 Å². The molecule has 0 aliphatic carbocycles. The third-order valence-corrected chi connectivity index (χ3v) is 8.59. The fraction of sp³-hybridized carbons (Fsp3) is 0.933. The van der Waals surface area contributed by atoms with Crippen LogP contribution in [0, 0.1) is 5.92 Å². The van der Waals surface area contributed by atoms with Gasteiger partial charge in [0.1, 0.15) is 5.60 Å². The summed E-state index contributed by atoms with van der Waals surface area (Å²) in [6.45, 7) is 16.1. The van der Waals surface area contributed by atoms with E-state index in [0.29, 0.717) is 12.3 Å². The van der Waals surface area contributed by atoms with Crippen molar-refractivity contribution in [1.29, 1.82) is 0 Å². The van der Waals surface area contributed by atoms with E-state index in [4.69, 9.17) is 10.2 Å². The van der Waals surface area contributed by atoms with E-state index in [0.717, 1.165) is 0 Å². The number of Topliss-reactive ketones (excluding diaryl/α,β-unsaturated/α-hetero) is 1. The molecule has 0 amide bonds. The van der Waals surface area contributed by atoms with Crippen molar-refractivity contribution >= 4 is 14.1 Å². The van der Waals surface area contributed by atoms with Gasteiger partial charge in [-0.2, -0.15) is 0 Å². The van der Waals surface area contributed by atoms with Gasteiger partial charge in [-0.15, -0.1) is 0 Å². The molecule has 0 saturated heterocycles. The normalized spacial score (nSPS) is 17.9. The van der Waals surface area contributed by atoms with Crippen LogP contribution in [0.5, 0.6) is 0 Å².